The largest absolute Gasteiger partial charge is 0.397 e. The lowest BCUT2D eigenvalue weighted by molar-refractivity contribution is -0.127. The predicted molar refractivity (Wildman–Crippen MR) is 73.0 cm³/mol. The van der Waals surface area contributed by atoms with Crippen molar-refractivity contribution in [1.82, 2.24) is 4.90 Å². The Labute approximate surface area is 110 Å². The molecule has 17 heavy (non-hydrogen) atoms. The van der Waals surface area contributed by atoms with E-state index in [1.54, 1.807) is 4.90 Å². The molecule has 1 heterocycles. The Morgan fingerprint density at radius 3 is 2.76 bits per heavy atom. The highest BCUT2D eigenvalue weighted by Gasteiger charge is 2.32. The van der Waals surface area contributed by atoms with Crippen LogP contribution in [0.1, 0.15) is 6.42 Å². The molecule has 2 rings (SSSR count). The van der Waals surface area contributed by atoms with Crippen molar-refractivity contribution in [3.05, 3.63) is 22.7 Å². The Morgan fingerprint density at radius 1 is 1.53 bits per heavy atom. The number of carbonyl (C=O) groups is 1. The molecule has 0 saturated carbocycles. The lowest BCUT2D eigenvalue weighted by atomic mass is 10.1. The second-order valence-corrected chi connectivity index (χ2v) is 5.29. The lowest BCUT2D eigenvalue weighted by Crippen LogP contribution is -2.38. The number of amides is 1. The number of nitrogens with two attached hydrogens (primary N) is 1. The van der Waals surface area contributed by atoms with Crippen molar-refractivity contribution >= 4 is 33.2 Å². The molecule has 1 unspecified atom stereocenters. The van der Waals surface area contributed by atoms with Crippen LogP contribution in [0, 0.1) is 0 Å². The van der Waals surface area contributed by atoms with Crippen LogP contribution in [0.5, 0.6) is 0 Å². The van der Waals surface area contributed by atoms with Crippen LogP contribution in [0.25, 0.3) is 0 Å². The number of rotatable bonds is 2. The van der Waals surface area contributed by atoms with Crippen LogP contribution in [0.15, 0.2) is 22.7 Å². The Bertz CT molecular complexity index is 449. The molecule has 1 aliphatic heterocycles. The molecular formula is C12H16BrN3O. The summed E-state index contributed by atoms with van der Waals surface area (Å²) < 4.78 is 0.946. The van der Waals surface area contributed by atoms with E-state index in [-0.39, 0.29) is 11.9 Å². The molecular weight excluding hydrogens is 282 g/mol. The first-order chi connectivity index (χ1) is 8.00. The van der Waals surface area contributed by atoms with Crippen molar-refractivity contribution in [1.29, 1.82) is 0 Å². The van der Waals surface area contributed by atoms with Crippen molar-refractivity contribution in [2.75, 3.05) is 31.3 Å². The van der Waals surface area contributed by atoms with Crippen LogP contribution >= 0.6 is 15.9 Å². The summed E-state index contributed by atoms with van der Waals surface area (Å²) in [6, 6.07) is 5.63. The monoisotopic (exact) mass is 297 g/mol. The van der Waals surface area contributed by atoms with Gasteiger partial charge in [0.15, 0.2) is 0 Å². The minimum Gasteiger partial charge on any atom is -0.397 e. The smallest absolute Gasteiger partial charge is 0.245 e. The summed E-state index contributed by atoms with van der Waals surface area (Å²) in [5.74, 6) is 0.162. The maximum absolute atomic E-state index is 11.9. The van der Waals surface area contributed by atoms with E-state index in [1.165, 1.54) is 0 Å². The molecule has 1 amide bonds. The third kappa shape index (κ3) is 2.24. The van der Waals surface area contributed by atoms with Gasteiger partial charge in [0.25, 0.3) is 0 Å². The van der Waals surface area contributed by atoms with Gasteiger partial charge in [-0.05, 0) is 24.6 Å². The van der Waals surface area contributed by atoms with Crippen LogP contribution in [-0.2, 0) is 4.79 Å². The molecule has 0 aromatic heterocycles. The van der Waals surface area contributed by atoms with Gasteiger partial charge in [0, 0.05) is 25.1 Å². The van der Waals surface area contributed by atoms with Crippen molar-refractivity contribution in [3.8, 4) is 0 Å². The summed E-state index contributed by atoms with van der Waals surface area (Å²) in [7, 11) is 3.75. The first kappa shape index (κ1) is 12.2. The molecule has 1 saturated heterocycles. The molecule has 0 bridgehead atoms. The zero-order valence-corrected chi connectivity index (χ0v) is 11.6. The van der Waals surface area contributed by atoms with Gasteiger partial charge in [0.05, 0.1) is 11.4 Å². The van der Waals surface area contributed by atoms with E-state index in [0.717, 1.165) is 23.1 Å². The van der Waals surface area contributed by atoms with Crippen molar-refractivity contribution < 1.29 is 4.79 Å². The van der Waals surface area contributed by atoms with Gasteiger partial charge in [-0.3, -0.25) is 4.79 Å². The summed E-state index contributed by atoms with van der Waals surface area (Å²) in [6.07, 6.45) is 0.849. The van der Waals surface area contributed by atoms with Gasteiger partial charge in [0.1, 0.15) is 6.04 Å². The highest BCUT2D eigenvalue weighted by Crippen LogP contribution is 2.29. The highest BCUT2D eigenvalue weighted by atomic mass is 79.9. The van der Waals surface area contributed by atoms with E-state index in [2.05, 4.69) is 15.9 Å². The second kappa shape index (κ2) is 4.56. The molecule has 2 N–H and O–H groups in total. The lowest BCUT2D eigenvalue weighted by Gasteiger charge is -2.26. The number of halogens is 1. The van der Waals surface area contributed by atoms with Gasteiger partial charge in [-0.2, -0.15) is 0 Å². The Balaban J connectivity index is 2.25. The van der Waals surface area contributed by atoms with Crippen molar-refractivity contribution in [2.45, 2.75) is 12.5 Å². The predicted octanol–water partition coefficient (Wildman–Crippen LogP) is 1.70. The van der Waals surface area contributed by atoms with Crippen LogP contribution < -0.4 is 10.6 Å². The van der Waals surface area contributed by atoms with Gasteiger partial charge < -0.3 is 15.5 Å². The molecule has 0 aliphatic carbocycles. The zero-order chi connectivity index (χ0) is 12.6. The molecule has 0 spiro atoms. The van der Waals surface area contributed by atoms with Crippen LogP contribution in [0.3, 0.4) is 0 Å². The molecule has 4 nitrogen and oxygen atoms in total. The summed E-state index contributed by atoms with van der Waals surface area (Å²) in [5.41, 5.74) is 7.56. The maximum Gasteiger partial charge on any atom is 0.245 e. The van der Waals surface area contributed by atoms with Crippen molar-refractivity contribution in [2.24, 2.45) is 0 Å². The quantitative estimate of drug-likeness (QED) is 0.846. The third-order valence-corrected chi connectivity index (χ3v) is 3.73. The van der Waals surface area contributed by atoms with E-state index in [0.29, 0.717) is 5.69 Å². The van der Waals surface area contributed by atoms with Crippen LogP contribution in [-0.4, -0.2) is 37.5 Å². The fraction of sp³-hybridized carbons (Fsp3) is 0.417. The summed E-state index contributed by atoms with van der Waals surface area (Å²) in [4.78, 5) is 15.7. The Hall–Kier alpha value is -1.23. The van der Waals surface area contributed by atoms with E-state index in [9.17, 15) is 4.79 Å². The fourth-order valence-electron chi connectivity index (χ4n) is 2.18. The third-order valence-electron chi connectivity index (χ3n) is 3.24. The standard InChI is InChI=1S/C12H16BrN3O/c1-15-6-5-11(12(15)17)16(2)10-4-3-8(13)7-9(10)14/h3-4,7,11H,5-6,14H2,1-2H3. The average Bonchev–Trinajstić information content (AvgIpc) is 2.59. The minimum atomic E-state index is -0.0940. The number of anilines is 2. The number of hydrogen-bond acceptors (Lipinski definition) is 3. The number of likely N-dealkylation sites (N-methyl/N-ethyl adjacent to an activating group) is 2. The Morgan fingerprint density at radius 2 is 2.24 bits per heavy atom. The number of hydrogen-bond donors (Lipinski definition) is 1. The van der Waals surface area contributed by atoms with Crippen LogP contribution in [0.2, 0.25) is 0 Å². The molecule has 1 aliphatic rings. The van der Waals surface area contributed by atoms with Gasteiger partial charge in [-0.15, -0.1) is 0 Å². The van der Waals surface area contributed by atoms with Gasteiger partial charge in [0.2, 0.25) is 5.91 Å². The highest BCUT2D eigenvalue weighted by molar-refractivity contribution is 9.10. The van der Waals surface area contributed by atoms with Crippen molar-refractivity contribution in [3.63, 3.8) is 0 Å². The van der Waals surface area contributed by atoms with E-state index in [1.807, 2.05) is 37.2 Å². The number of nitrogen functional groups attached to an aromatic ring is 1. The zero-order valence-electron chi connectivity index (χ0n) is 9.98. The molecule has 0 radical (unpaired) electrons. The molecule has 1 aromatic rings. The number of likely N-dealkylation sites (tertiary alicyclic amines) is 1. The molecule has 92 valence electrons. The first-order valence-electron chi connectivity index (χ1n) is 5.53. The Kier molecular flexibility index (Phi) is 3.28. The normalized spacial score (nSPS) is 19.8. The number of nitrogens with zero attached hydrogens (tertiary/aromatic N) is 2. The maximum atomic E-state index is 11.9. The topological polar surface area (TPSA) is 49.6 Å². The molecule has 1 aromatic carbocycles. The summed E-state index contributed by atoms with van der Waals surface area (Å²) >= 11 is 3.38. The second-order valence-electron chi connectivity index (χ2n) is 4.38. The molecule has 1 fully saturated rings. The molecule has 5 heteroatoms. The minimum absolute atomic E-state index is 0.0940. The summed E-state index contributed by atoms with van der Waals surface area (Å²) in [5, 5.41) is 0. The number of benzene rings is 1. The van der Waals surface area contributed by atoms with E-state index in [4.69, 9.17) is 5.73 Å². The number of carbonyl (C=O) groups excluding carboxylic acids is 1. The van der Waals surface area contributed by atoms with Gasteiger partial charge in [-0.25, -0.2) is 0 Å². The van der Waals surface area contributed by atoms with E-state index < -0.39 is 0 Å². The van der Waals surface area contributed by atoms with Crippen LogP contribution in [0.4, 0.5) is 11.4 Å². The average molecular weight is 298 g/mol. The SMILES string of the molecule is CN1CCC(N(C)c2ccc(Br)cc2N)C1=O. The van der Waals surface area contributed by atoms with Gasteiger partial charge in [-0.1, -0.05) is 15.9 Å². The molecule has 1 atom stereocenters. The fourth-order valence-corrected chi connectivity index (χ4v) is 2.56. The van der Waals surface area contributed by atoms with E-state index >= 15 is 0 Å². The van der Waals surface area contributed by atoms with Gasteiger partial charge >= 0.3 is 0 Å². The first-order valence-corrected chi connectivity index (χ1v) is 6.33. The summed E-state index contributed by atoms with van der Waals surface area (Å²) in [6.45, 7) is 0.810.